The number of hydrogen-bond acceptors (Lipinski definition) is 4. The highest BCUT2D eigenvalue weighted by Crippen LogP contribution is 2.18. The summed E-state index contributed by atoms with van der Waals surface area (Å²) in [6, 6.07) is 10.5. The number of aromatic nitrogens is 2. The van der Waals surface area contributed by atoms with E-state index in [-0.39, 0.29) is 12.5 Å². The van der Waals surface area contributed by atoms with E-state index in [0.29, 0.717) is 17.1 Å². The van der Waals surface area contributed by atoms with Gasteiger partial charge in [0.1, 0.15) is 12.3 Å². The number of hydrogen-bond donors (Lipinski definition) is 1. The second-order valence-electron chi connectivity index (χ2n) is 3.71. The minimum atomic E-state index is -0.306. The van der Waals surface area contributed by atoms with Crippen molar-refractivity contribution in [2.24, 2.45) is 0 Å². The van der Waals surface area contributed by atoms with Gasteiger partial charge in [0, 0.05) is 12.3 Å². The summed E-state index contributed by atoms with van der Waals surface area (Å²) < 4.78 is 6.56. The van der Waals surface area contributed by atoms with Crippen LogP contribution in [0.15, 0.2) is 36.5 Å². The molecule has 0 saturated heterocycles. The predicted octanol–water partition coefficient (Wildman–Crippen LogP) is 1.67. The summed E-state index contributed by atoms with van der Waals surface area (Å²) in [5.74, 6) is 0.585. The van der Waals surface area contributed by atoms with E-state index < -0.39 is 0 Å². The zero-order valence-corrected chi connectivity index (χ0v) is 10.3. The van der Waals surface area contributed by atoms with Gasteiger partial charge >= 0.3 is 0 Å². The summed E-state index contributed by atoms with van der Waals surface area (Å²) in [4.78, 5) is 12.1. The summed E-state index contributed by atoms with van der Waals surface area (Å²) in [6.45, 7) is 0.143. The average molecular weight is 256 g/mol. The first-order valence-corrected chi connectivity index (χ1v) is 5.59. The first kappa shape index (κ1) is 12.6. The van der Waals surface area contributed by atoms with Gasteiger partial charge in [0.05, 0.1) is 18.7 Å². The molecule has 0 bridgehead atoms. The summed E-state index contributed by atoms with van der Waals surface area (Å²) >= 11 is 0. The van der Waals surface area contributed by atoms with E-state index in [1.54, 1.807) is 36.5 Å². The van der Waals surface area contributed by atoms with Crippen molar-refractivity contribution in [2.45, 2.75) is 6.54 Å². The number of benzene rings is 1. The lowest BCUT2D eigenvalue weighted by Crippen LogP contribution is -2.13. The summed E-state index contributed by atoms with van der Waals surface area (Å²) in [5.41, 5.74) is 0.430. The quantitative estimate of drug-likeness (QED) is 0.902. The smallest absolute Gasteiger partial charge is 0.260 e. The molecular formula is C13H12N4O2. The molecular weight excluding hydrogens is 244 g/mol. The number of amides is 1. The van der Waals surface area contributed by atoms with Gasteiger partial charge in [0.25, 0.3) is 5.91 Å². The molecule has 1 amide bonds. The second kappa shape index (κ2) is 5.69. The van der Waals surface area contributed by atoms with Gasteiger partial charge in [0.2, 0.25) is 0 Å². The number of nitrogens with one attached hydrogen (secondary N) is 1. The van der Waals surface area contributed by atoms with Gasteiger partial charge in [-0.25, -0.2) is 0 Å². The van der Waals surface area contributed by atoms with E-state index in [4.69, 9.17) is 10.00 Å². The van der Waals surface area contributed by atoms with Gasteiger partial charge in [-0.2, -0.15) is 10.4 Å². The van der Waals surface area contributed by atoms with Crippen LogP contribution in [0.5, 0.6) is 5.75 Å². The van der Waals surface area contributed by atoms with Crippen molar-refractivity contribution < 1.29 is 9.53 Å². The van der Waals surface area contributed by atoms with Gasteiger partial charge in [-0.05, 0) is 12.1 Å². The van der Waals surface area contributed by atoms with Crippen molar-refractivity contribution in [3.63, 3.8) is 0 Å². The Morgan fingerprint density at radius 1 is 1.47 bits per heavy atom. The second-order valence-corrected chi connectivity index (χ2v) is 3.71. The molecule has 0 unspecified atom stereocenters. The molecule has 0 atom stereocenters. The number of anilines is 1. The number of rotatable bonds is 4. The number of carbonyl (C=O) groups excluding carboxylic acids is 1. The van der Waals surface area contributed by atoms with E-state index in [2.05, 4.69) is 10.4 Å². The van der Waals surface area contributed by atoms with Crippen LogP contribution >= 0.6 is 0 Å². The molecule has 1 N–H and O–H groups in total. The SMILES string of the molecule is COc1ccccc1C(=O)Nc1ccn(CC#N)n1. The van der Waals surface area contributed by atoms with Crippen molar-refractivity contribution in [1.29, 1.82) is 5.26 Å². The molecule has 0 fully saturated rings. The Morgan fingerprint density at radius 3 is 3.00 bits per heavy atom. The van der Waals surface area contributed by atoms with Crippen LogP contribution < -0.4 is 10.1 Å². The Kier molecular flexibility index (Phi) is 3.78. The minimum absolute atomic E-state index is 0.143. The third-order valence-electron chi connectivity index (χ3n) is 2.47. The Bertz CT molecular complexity index is 628. The van der Waals surface area contributed by atoms with Crippen LogP contribution in [0.1, 0.15) is 10.4 Å². The Labute approximate surface area is 110 Å². The molecule has 0 spiro atoms. The number of para-hydroxylation sites is 1. The predicted molar refractivity (Wildman–Crippen MR) is 68.8 cm³/mol. The van der Waals surface area contributed by atoms with Crippen molar-refractivity contribution in [2.75, 3.05) is 12.4 Å². The number of nitrogens with zero attached hydrogens (tertiary/aromatic N) is 3. The van der Waals surface area contributed by atoms with E-state index >= 15 is 0 Å². The highest BCUT2D eigenvalue weighted by molar-refractivity contribution is 6.05. The van der Waals surface area contributed by atoms with E-state index in [9.17, 15) is 4.79 Å². The Morgan fingerprint density at radius 2 is 2.26 bits per heavy atom. The van der Waals surface area contributed by atoms with E-state index in [0.717, 1.165) is 0 Å². The Balaban J connectivity index is 2.14. The van der Waals surface area contributed by atoms with Crippen LogP contribution in [-0.4, -0.2) is 22.8 Å². The normalized spacial score (nSPS) is 9.68. The van der Waals surface area contributed by atoms with Gasteiger partial charge < -0.3 is 10.1 Å². The zero-order valence-electron chi connectivity index (χ0n) is 10.3. The Hall–Kier alpha value is -2.81. The lowest BCUT2D eigenvalue weighted by atomic mass is 10.2. The first-order chi connectivity index (χ1) is 9.24. The topological polar surface area (TPSA) is 79.9 Å². The molecule has 1 aromatic heterocycles. The number of nitriles is 1. The van der Waals surface area contributed by atoms with Gasteiger partial charge in [-0.1, -0.05) is 12.1 Å². The fraction of sp³-hybridized carbons (Fsp3) is 0.154. The highest BCUT2D eigenvalue weighted by atomic mass is 16.5. The maximum absolute atomic E-state index is 12.1. The molecule has 1 heterocycles. The maximum atomic E-state index is 12.1. The number of methoxy groups -OCH3 is 1. The van der Waals surface area contributed by atoms with Crippen molar-refractivity contribution in [1.82, 2.24) is 9.78 Å². The minimum Gasteiger partial charge on any atom is -0.496 e. The molecule has 0 radical (unpaired) electrons. The average Bonchev–Trinajstić information content (AvgIpc) is 2.86. The lowest BCUT2D eigenvalue weighted by Gasteiger charge is -2.07. The molecule has 0 aliphatic rings. The van der Waals surface area contributed by atoms with Crippen LogP contribution in [0, 0.1) is 11.3 Å². The molecule has 1 aromatic carbocycles. The largest absolute Gasteiger partial charge is 0.496 e. The van der Waals surface area contributed by atoms with Crippen LogP contribution in [0.4, 0.5) is 5.82 Å². The van der Waals surface area contributed by atoms with Crippen molar-refractivity contribution >= 4 is 11.7 Å². The highest BCUT2D eigenvalue weighted by Gasteiger charge is 2.12. The molecule has 2 rings (SSSR count). The van der Waals surface area contributed by atoms with Gasteiger partial charge in [0.15, 0.2) is 5.82 Å². The number of carbonyl (C=O) groups is 1. The van der Waals surface area contributed by atoms with Crippen LogP contribution in [0.25, 0.3) is 0 Å². The molecule has 0 aliphatic heterocycles. The monoisotopic (exact) mass is 256 g/mol. The van der Waals surface area contributed by atoms with Gasteiger partial charge in [-0.3, -0.25) is 9.48 Å². The molecule has 2 aromatic rings. The van der Waals surface area contributed by atoms with E-state index in [1.807, 2.05) is 6.07 Å². The van der Waals surface area contributed by atoms with Crippen LogP contribution in [-0.2, 0) is 6.54 Å². The third-order valence-corrected chi connectivity index (χ3v) is 2.47. The van der Waals surface area contributed by atoms with Gasteiger partial charge in [-0.15, -0.1) is 0 Å². The molecule has 0 saturated carbocycles. The fourth-order valence-corrected chi connectivity index (χ4v) is 1.60. The summed E-state index contributed by atoms with van der Waals surface area (Å²) in [5, 5.41) is 15.2. The third kappa shape index (κ3) is 2.90. The first-order valence-electron chi connectivity index (χ1n) is 5.59. The van der Waals surface area contributed by atoms with Crippen molar-refractivity contribution in [3.8, 4) is 11.8 Å². The molecule has 0 aliphatic carbocycles. The molecule has 19 heavy (non-hydrogen) atoms. The van der Waals surface area contributed by atoms with Crippen molar-refractivity contribution in [3.05, 3.63) is 42.1 Å². The van der Waals surface area contributed by atoms with Crippen LogP contribution in [0.3, 0.4) is 0 Å². The number of ether oxygens (including phenoxy) is 1. The molecule has 6 heteroatoms. The maximum Gasteiger partial charge on any atom is 0.260 e. The van der Waals surface area contributed by atoms with Crippen LogP contribution in [0.2, 0.25) is 0 Å². The standard InChI is InChI=1S/C13H12N4O2/c1-19-11-5-3-2-4-10(11)13(18)15-12-6-8-17(16-12)9-7-14/h2-6,8H,9H2,1H3,(H,15,16,18). The van der Waals surface area contributed by atoms with E-state index in [1.165, 1.54) is 11.8 Å². The zero-order chi connectivity index (χ0) is 13.7. The summed E-state index contributed by atoms with van der Waals surface area (Å²) in [6.07, 6.45) is 1.63. The molecule has 96 valence electrons. The lowest BCUT2D eigenvalue weighted by molar-refractivity contribution is 0.102. The fourth-order valence-electron chi connectivity index (χ4n) is 1.60. The summed E-state index contributed by atoms with van der Waals surface area (Å²) in [7, 11) is 1.51. The molecule has 6 nitrogen and oxygen atoms in total.